The molecular weight excluding hydrogens is 218 g/mol. The van der Waals surface area contributed by atoms with Crippen LogP contribution in [0, 0.1) is 5.92 Å². The minimum atomic E-state index is 0.495. The Kier molecular flexibility index (Phi) is 4.70. The summed E-state index contributed by atoms with van der Waals surface area (Å²) in [5.74, 6) is 1.10. The lowest BCUT2D eigenvalue weighted by Gasteiger charge is -2.10. The zero-order chi connectivity index (χ0) is 11.9. The van der Waals surface area contributed by atoms with Crippen molar-refractivity contribution in [3.63, 3.8) is 0 Å². The lowest BCUT2D eigenvalue weighted by Crippen LogP contribution is -2.15. The molecule has 1 atom stereocenters. The number of ether oxygens (including phenoxy) is 2. The highest BCUT2D eigenvalue weighted by Gasteiger charge is 2.16. The summed E-state index contributed by atoms with van der Waals surface area (Å²) in [5.41, 5.74) is 0.909. The zero-order valence-corrected chi connectivity index (χ0v) is 10.2. The van der Waals surface area contributed by atoms with Crippen LogP contribution in [0.1, 0.15) is 19.0 Å². The molecule has 0 bridgehead atoms. The molecule has 1 unspecified atom stereocenters. The maximum Gasteiger partial charge on any atom is 0.232 e. The van der Waals surface area contributed by atoms with E-state index in [2.05, 4.69) is 22.2 Å². The average molecular weight is 237 g/mol. The van der Waals surface area contributed by atoms with E-state index >= 15 is 0 Å². The first-order valence-electron chi connectivity index (χ1n) is 6.10. The quantitative estimate of drug-likeness (QED) is 0.800. The van der Waals surface area contributed by atoms with E-state index < -0.39 is 0 Å². The zero-order valence-electron chi connectivity index (χ0n) is 10.2. The van der Waals surface area contributed by atoms with Crippen molar-refractivity contribution < 1.29 is 9.47 Å². The molecule has 0 amide bonds. The standard InChI is InChI=1S/C12H19N3O2/c1-2-13-5-11-6-14-7-12(15-11)17-9-10-3-4-16-8-10/h6-7,10,13H,2-5,8-9H2,1H3. The third-order valence-electron chi connectivity index (χ3n) is 2.71. The van der Waals surface area contributed by atoms with Gasteiger partial charge in [-0.1, -0.05) is 6.92 Å². The van der Waals surface area contributed by atoms with Gasteiger partial charge in [-0.15, -0.1) is 0 Å². The van der Waals surface area contributed by atoms with Crippen LogP contribution in [0.5, 0.6) is 5.88 Å². The largest absolute Gasteiger partial charge is 0.476 e. The Morgan fingerprint density at radius 1 is 1.53 bits per heavy atom. The second-order valence-corrected chi connectivity index (χ2v) is 4.17. The van der Waals surface area contributed by atoms with Crippen molar-refractivity contribution >= 4 is 0 Å². The molecular formula is C12H19N3O2. The minimum Gasteiger partial charge on any atom is -0.476 e. The molecule has 0 aromatic carbocycles. The van der Waals surface area contributed by atoms with Crippen molar-refractivity contribution in [1.82, 2.24) is 15.3 Å². The molecule has 1 saturated heterocycles. The highest BCUT2D eigenvalue weighted by Crippen LogP contribution is 2.14. The Labute approximate surface area is 102 Å². The van der Waals surface area contributed by atoms with Crippen LogP contribution in [0.3, 0.4) is 0 Å². The van der Waals surface area contributed by atoms with E-state index in [1.54, 1.807) is 12.4 Å². The van der Waals surface area contributed by atoms with Crippen LogP contribution in [-0.2, 0) is 11.3 Å². The van der Waals surface area contributed by atoms with Gasteiger partial charge in [0.2, 0.25) is 5.88 Å². The number of nitrogens with zero attached hydrogens (tertiary/aromatic N) is 2. The maximum atomic E-state index is 5.63. The SMILES string of the molecule is CCNCc1cncc(OCC2CCOC2)n1. The van der Waals surface area contributed by atoms with E-state index in [0.717, 1.165) is 38.4 Å². The highest BCUT2D eigenvalue weighted by molar-refractivity contribution is 5.08. The molecule has 1 aromatic rings. The van der Waals surface area contributed by atoms with E-state index in [4.69, 9.17) is 9.47 Å². The summed E-state index contributed by atoms with van der Waals surface area (Å²) in [4.78, 5) is 8.51. The molecule has 0 saturated carbocycles. The predicted octanol–water partition coefficient (Wildman–Crippen LogP) is 1.00. The monoisotopic (exact) mass is 237 g/mol. The van der Waals surface area contributed by atoms with Gasteiger partial charge in [-0.25, -0.2) is 4.98 Å². The molecule has 1 fully saturated rings. The normalized spacial score (nSPS) is 19.5. The first-order valence-corrected chi connectivity index (χ1v) is 6.10. The fraction of sp³-hybridized carbons (Fsp3) is 0.667. The molecule has 1 aliphatic rings. The van der Waals surface area contributed by atoms with Crippen molar-refractivity contribution in [2.24, 2.45) is 5.92 Å². The second kappa shape index (κ2) is 6.51. The molecule has 0 spiro atoms. The molecule has 17 heavy (non-hydrogen) atoms. The fourth-order valence-electron chi connectivity index (χ4n) is 1.71. The van der Waals surface area contributed by atoms with Crippen molar-refractivity contribution in [1.29, 1.82) is 0 Å². The fourth-order valence-corrected chi connectivity index (χ4v) is 1.71. The third kappa shape index (κ3) is 3.94. The summed E-state index contributed by atoms with van der Waals surface area (Å²) in [6, 6.07) is 0. The molecule has 0 radical (unpaired) electrons. The number of rotatable bonds is 6. The van der Waals surface area contributed by atoms with Crippen molar-refractivity contribution in [3.8, 4) is 5.88 Å². The number of hydrogen-bond donors (Lipinski definition) is 1. The summed E-state index contributed by atoms with van der Waals surface area (Å²) in [5, 5.41) is 3.21. The van der Waals surface area contributed by atoms with Gasteiger partial charge < -0.3 is 14.8 Å². The highest BCUT2D eigenvalue weighted by atomic mass is 16.5. The molecule has 5 heteroatoms. The van der Waals surface area contributed by atoms with Gasteiger partial charge in [0.25, 0.3) is 0 Å². The van der Waals surface area contributed by atoms with Gasteiger partial charge in [0, 0.05) is 25.3 Å². The van der Waals surface area contributed by atoms with Crippen molar-refractivity contribution in [2.75, 3.05) is 26.4 Å². The van der Waals surface area contributed by atoms with Gasteiger partial charge in [-0.2, -0.15) is 0 Å². The Morgan fingerprint density at radius 2 is 2.47 bits per heavy atom. The van der Waals surface area contributed by atoms with Crippen LogP contribution in [-0.4, -0.2) is 36.3 Å². The molecule has 1 aromatic heterocycles. The second-order valence-electron chi connectivity index (χ2n) is 4.17. The summed E-state index contributed by atoms with van der Waals surface area (Å²) < 4.78 is 10.9. The van der Waals surface area contributed by atoms with Crippen LogP contribution in [0.15, 0.2) is 12.4 Å². The molecule has 1 N–H and O–H groups in total. The van der Waals surface area contributed by atoms with Gasteiger partial charge in [-0.3, -0.25) is 4.98 Å². The summed E-state index contributed by atoms with van der Waals surface area (Å²) >= 11 is 0. The first kappa shape index (κ1) is 12.3. The van der Waals surface area contributed by atoms with Gasteiger partial charge in [0.05, 0.1) is 25.1 Å². The lowest BCUT2D eigenvalue weighted by atomic mass is 10.1. The maximum absolute atomic E-state index is 5.63. The van der Waals surface area contributed by atoms with E-state index in [0.29, 0.717) is 18.4 Å². The Bertz CT molecular complexity index is 340. The van der Waals surface area contributed by atoms with Crippen molar-refractivity contribution in [2.45, 2.75) is 19.9 Å². The van der Waals surface area contributed by atoms with Gasteiger partial charge in [-0.05, 0) is 13.0 Å². The van der Waals surface area contributed by atoms with Gasteiger partial charge in [0.15, 0.2) is 0 Å². The molecule has 2 heterocycles. The van der Waals surface area contributed by atoms with Gasteiger partial charge in [0.1, 0.15) is 0 Å². The number of aromatic nitrogens is 2. The Morgan fingerprint density at radius 3 is 3.24 bits per heavy atom. The topological polar surface area (TPSA) is 56.3 Å². The average Bonchev–Trinajstić information content (AvgIpc) is 2.87. The molecule has 2 rings (SSSR count). The molecule has 0 aliphatic carbocycles. The first-order chi connectivity index (χ1) is 8.38. The van der Waals surface area contributed by atoms with E-state index in [1.165, 1.54) is 0 Å². The van der Waals surface area contributed by atoms with E-state index in [1.807, 2.05) is 0 Å². The number of hydrogen-bond acceptors (Lipinski definition) is 5. The Hall–Kier alpha value is -1.20. The summed E-state index contributed by atoms with van der Waals surface area (Å²) in [6.45, 7) is 6.03. The van der Waals surface area contributed by atoms with Crippen LogP contribution < -0.4 is 10.1 Å². The molecule has 94 valence electrons. The van der Waals surface area contributed by atoms with Crippen molar-refractivity contribution in [3.05, 3.63) is 18.1 Å². The third-order valence-corrected chi connectivity index (χ3v) is 2.71. The smallest absolute Gasteiger partial charge is 0.232 e. The molecule has 5 nitrogen and oxygen atoms in total. The van der Waals surface area contributed by atoms with Crippen LogP contribution in [0.2, 0.25) is 0 Å². The van der Waals surface area contributed by atoms with E-state index in [-0.39, 0.29) is 0 Å². The van der Waals surface area contributed by atoms with Gasteiger partial charge >= 0.3 is 0 Å². The minimum absolute atomic E-state index is 0.495. The predicted molar refractivity (Wildman–Crippen MR) is 63.8 cm³/mol. The lowest BCUT2D eigenvalue weighted by molar-refractivity contribution is 0.165. The van der Waals surface area contributed by atoms with Crippen LogP contribution in [0.25, 0.3) is 0 Å². The molecule has 1 aliphatic heterocycles. The number of nitrogens with one attached hydrogen (secondary N) is 1. The Balaban J connectivity index is 1.82. The summed E-state index contributed by atoms with van der Waals surface area (Å²) in [7, 11) is 0. The summed E-state index contributed by atoms with van der Waals surface area (Å²) in [6.07, 6.45) is 4.49. The van der Waals surface area contributed by atoms with Crippen LogP contribution >= 0.6 is 0 Å². The van der Waals surface area contributed by atoms with E-state index in [9.17, 15) is 0 Å². The van der Waals surface area contributed by atoms with Crippen LogP contribution in [0.4, 0.5) is 0 Å².